The predicted molar refractivity (Wildman–Crippen MR) is 136 cm³/mol. The van der Waals surface area contributed by atoms with Crippen LogP contribution in [-0.4, -0.2) is 20.0 Å². The molecule has 2 aliphatic rings. The van der Waals surface area contributed by atoms with Crippen molar-refractivity contribution in [2.75, 3.05) is 24.9 Å². The normalized spacial score (nSPS) is 19.4. The number of carbonyl (C=O) groups excluding carboxylic acids is 1. The smallest absolute Gasteiger partial charge is 0.163 e. The van der Waals surface area contributed by atoms with Crippen molar-refractivity contribution in [2.24, 2.45) is 0 Å². The van der Waals surface area contributed by atoms with Crippen molar-refractivity contribution in [2.45, 2.75) is 24.8 Å². The molecule has 0 radical (unpaired) electrons. The van der Waals surface area contributed by atoms with Gasteiger partial charge in [-0.25, -0.2) is 0 Å². The van der Waals surface area contributed by atoms with Crippen LogP contribution in [-0.2, 0) is 4.79 Å². The number of benzene rings is 3. The number of Topliss-reactive ketones (excluding diaryl/α,β-unsaturated/α-hetero) is 1. The summed E-state index contributed by atoms with van der Waals surface area (Å²) in [4.78, 5) is 13.8. The van der Waals surface area contributed by atoms with Crippen molar-refractivity contribution >= 4 is 40.4 Å². The molecule has 1 aliphatic carbocycles. The average molecular weight is 495 g/mol. The molecule has 3 aromatic rings. The number of nitrogens with one attached hydrogen (secondary N) is 2. The van der Waals surface area contributed by atoms with Crippen molar-refractivity contribution in [3.63, 3.8) is 0 Å². The second-order valence-electron chi connectivity index (χ2n) is 8.41. The third kappa shape index (κ3) is 3.99. The van der Waals surface area contributed by atoms with E-state index in [0.717, 1.165) is 34.1 Å². The Morgan fingerprint density at radius 3 is 2.32 bits per heavy atom. The third-order valence-electron chi connectivity index (χ3n) is 6.47. The lowest BCUT2D eigenvalue weighted by Crippen LogP contribution is -2.27. The summed E-state index contributed by atoms with van der Waals surface area (Å²) in [7, 11) is 3.27. The Labute approximate surface area is 208 Å². The molecule has 174 valence electrons. The van der Waals surface area contributed by atoms with E-state index in [4.69, 9.17) is 32.7 Å². The van der Waals surface area contributed by atoms with Crippen molar-refractivity contribution < 1.29 is 14.3 Å². The maximum absolute atomic E-state index is 13.8. The van der Waals surface area contributed by atoms with Gasteiger partial charge in [0.25, 0.3) is 0 Å². The second kappa shape index (κ2) is 9.24. The molecular formula is C27H24Cl2N2O3. The average Bonchev–Trinajstić information content (AvgIpc) is 3.00. The summed E-state index contributed by atoms with van der Waals surface area (Å²) in [5.41, 5.74) is 4.92. The maximum atomic E-state index is 13.8. The highest BCUT2D eigenvalue weighted by atomic mass is 35.5. The Morgan fingerprint density at radius 1 is 0.882 bits per heavy atom. The molecule has 0 amide bonds. The van der Waals surface area contributed by atoms with Crippen molar-refractivity contribution in [3.8, 4) is 11.5 Å². The van der Waals surface area contributed by atoms with Crippen LogP contribution in [0.5, 0.6) is 11.5 Å². The molecule has 0 saturated heterocycles. The van der Waals surface area contributed by atoms with Crippen molar-refractivity contribution in [3.05, 3.63) is 93.1 Å². The number of para-hydroxylation sites is 2. The summed E-state index contributed by atoms with van der Waals surface area (Å²) in [5, 5.41) is 8.09. The number of hydrogen-bond acceptors (Lipinski definition) is 5. The highest BCUT2D eigenvalue weighted by Crippen LogP contribution is 2.48. The van der Waals surface area contributed by atoms with Gasteiger partial charge in [-0.05, 0) is 48.9 Å². The molecule has 0 bridgehead atoms. The van der Waals surface area contributed by atoms with E-state index in [2.05, 4.69) is 10.6 Å². The van der Waals surface area contributed by atoms with E-state index in [-0.39, 0.29) is 11.7 Å². The van der Waals surface area contributed by atoms with Crippen LogP contribution in [0.25, 0.3) is 0 Å². The van der Waals surface area contributed by atoms with Gasteiger partial charge in [-0.15, -0.1) is 0 Å². The van der Waals surface area contributed by atoms with Crippen LogP contribution in [0.2, 0.25) is 10.0 Å². The zero-order valence-corrected chi connectivity index (χ0v) is 20.3. The molecule has 5 nitrogen and oxygen atoms in total. The zero-order chi connectivity index (χ0) is 23.8. The van der Waals surface area contributed by atoms with E-state index in [1.165, 1.54) is 0 Å². The fraction of sp³-hybridized carbons (Fsp3) is 0.222. The molecule has 34 heavy (non-hydrogen) atoms. The second-order valence-corrected chi connectivity index (χ2v) is 9.23. The number of halogens is 2. The SMILES string of the molecule is COc1ccc(OC)c(C2CC(=O)C3=C(C2)Nc2ccccc2NC3c2c(Cl)cccc2Cl)c1. The molecule has 0 aromatic heterocycles. The lowest BCUT2D eigenvalue weighted by molar-refractivity contribution is -0.116. The van der Waals surface area contributed by atoms with Gasteiger partial charge in [-0.1, -0.05) is 41.4 Å². The van der Waals surface area contributed by atoms with Gasteiger partial charge in [0.1, 0.15) is 11.5 Å². The van der Waals surface area contributed by atoms with Crippen molar-refractivity contribution in [1.29, 1.82) is 0 Å². The molecule has 0 fully saturated rings. The molecule has 0 spiro atoms. The molecule has 0 saturated carbocycles. The monoisotopic (exact) mass is 494 g/mol. The first kappa shape index (κ1) is 22.6. The van der Waals surface area contributed by atoms with Gasteiger partial charge < -0.3 is 20.1 Å². The van der Waals surface area contributed by atoms with Crippen LogP contribution in [0.1, 0.15) is 35.9 Å². The summed E-state index contributed by atoms with van der Waals surface area (Å²) in [6, 6.07) is 18.5. The third-order valence-corrected chi connectivity index (χ3v) is 7.13. The minimum Gasteiger partial charge on any atom is -0.497 e. The minimum atomic E-state index is -0.479. The summed E-state index contributed by atoms with van der Waals surface area (Å²) in [5.74, 6) is 1.42. The van der Waals surface area contributed by atoms with Gasteiger partial charge in [0, 0.05) is 44.8 Å². The van der Waals surface area contributed by atoms with Crippen LogP contribution in [0, 0.1) is 0 Å². The van der Waals surface area contributed by atoms with Crippen molar-refractivity contribution in [1.82, 2.24) is 0 Å². The predicted octanol–water partition coefficient (Wildman–Crippen LogP) is 6.99. The maximum Gasteiger partial charge on any atom is 0.163 e. The van der Waals surface area contributed by atoms with E-state index < -0.39 is 6.04 Å². The van der Waals surface area contributed by atoms with Crippen LogP contribution < -0.4 is 20.1 Å². The van der Waals surface area contributed by atoms with Crippen LogP contribution in [0.15, 0.2) is 71.9 Å². The standard InChI is InChI=1S/C27H24Cl2N2O3/c1-33-16-10-11-24(34-2)17(14-16)15-12-22-26(23(32)13-15)27(25-18(28)6-5-7-19(25)29)31-21-9-4-3-8-20(21)30-22/h3-11,14-15,27,30-31H,12-13H2,1-2H3. The minimum absolute atomic E-state index is 0.0323. The van der Waals surface area contributed by atoms with E-state index in [1.807, 2.05) is 42.5 Å². The van der Waals surface area contributed by atoms with E-state index in [0.29, 0.717) is 34.0 Å². The molecule has 2 N–H and O–H groups in total. The van der Waals surface area contributed by atoms with Gasteiger partial charge in [-0.2, -0.15) is 0 Å². The first-order chi connectivity index (χ1) is 16.5. The molecule has 3 aromatic carbocycles. The molecule has 2 unspecified atom stereocenters. The van der Waals surface area contributed by atoms with Crippen LogP contribution >= 0.6 is 23.2 Å². The van der Waals surface area contributed by atoms with Gasteiger partial charge in [0.05, 0.1) is 31.6 Å². The number of ether oxygens (including phenoxy) is 2. The number of anilines is 2. The van der Waals surface area contributed by atoms with Crippen LogP contribution in [0.4, 0.5) is 11.4 Å². The Morgan fingerprint density at radius 2 is 1.62 bits per heavy atom. The highest BCUT2D eigenvalue weighted by molar-refractivity contribution is 6.36. The summed E-state index contributed by atoms with van der Waals surface area (Å²) in [6.07, 6.45) is 0.958. The lowest BCUT2D eigenvalue weighted by Gasteiger charge is -2.31. The van der Waals surface area contributed by atoms with Gasteiger partial charge in [0.2, 0.25) is 0 Å². The number of carbonyl (C=O) groups is 1. The topological polar surface area (TPSA) is 59.6 Å². The van der Waals surface area contributed by atoms with Gasteiger partial charge in [-0.3, -0.25) is 4.79 Å². The first-order valence-electron chi connectivity index (χ1n) is 11.0. The first-order valence-corrected chi connectivity index (χ1v) is 11.8. The molecule has 1 heterocycles. The number of fused-ring (bicyclic) bond motifs is 1. The summed E-state index contributed by atoms with van der Waals surface area (Å²) in [6.45, 7) is 0. The number of methoxy groups -OCH3 is 2. The Bertz CT molecular complexity index is 1280. The molecule has 5 rings (SSSR count). The largest absolute Gasteiger partial charge is 0.497 e. The van der Waals surface area contributed by atoms with Crippen LogP contribution in [0.3, 0.4) is 0 Å². The zero-order valence-electron chi connectivity index (χ0n) is 18.8. The molecular weight excluding hydrogens is 471 g/mol. The molecule has 1 aliphatic heterocycles. The summed E-state index contributed by atoms with van der Waals surface area (Å²) < 4.78 is 11.1. The molecule has 7 heteroatoms. The number of ketones is 1. The molecule has 2 atom stereocenters. The Balaban J connectivity index is 1.65. The number of allylic oxidation sites excluding steroid dienone is 1. The number of rotatable bonds is 4. The van der Waals surface area contributed by atoms with E-state index in [1.54, 1.807) is 32.4 Å². The summed E-state index contributed by atoms with van der Waals surface area (Å²) >= 11 is 13.2. The highest BCUT2D eigenvalue weighted by Gasteiger charge is 2.38. The fourth-order valence-electron chi connectivity index (χ4n) is 4.87. The Kier molecular flexibility index (Phi) is 6.15. The van der Waals surface area contributed by atoms with Gasteiger partial charge in [0.15, 0.2) is 5.78 Å². The van der Waals surface area contributed by atoms with E-state index >= 15 is 0 Å². The fourth-order valence-corrected chi connectivity index (χ4v) is 5.49. The lowest BCUT2D eigenvalue weighted by atomic mass is 9.78. The Hall–Kier alpha value is -3.15. The number of hydrogen-bond donors (Lipinski definition) is 2. The quantitative estimate of drug-likeness (QED) is 0.409. The van der Waals surface area contributed by atoms with E-state index in [9.17, 15) is 4.79 Å². The van der Waals surface area contributed by atoms with Gasteiger partial charge >= 0.3 is 0 Å².